The van der Waals surface area contributed by atoms with E-state index < -0.39 is 5.60 Å². The van der Waals surface area contributed by atoms with Crippen molar-refractivity contribution in [2.45, 2.75) is 25.5 Å². The monoisotopic (exact) mass is 312 g/mol. The third kappa shape index (κ3) is 3.61. The quantitative estimate of drug-likeness (QED) is 0.892. The molecule has 0 amide bonds. The Morgan fingerprint density at radius 2 is 2.14 bits per heavy atom. The van der Waals surface area contributed by atoms with Gasteiger partial charge in [0.25, 0.3) is 0 Å². The second-order valence-corrected chi connectivity index (χ2v) is 5.51. The van der Waals surface area contributed by atoms with E-state index in [1.54, 1.807) is 36.9 Å². The van der Waals surface area contributed by atoms with Crippen LogP contribution in [-0.2, 0) is 23.3 Å². The van der Waals surface area contributed by atoms with Gasteiger partial charge in [-0.25, -0.2) is 4.39 Å². The van der Waals surface area contributed by atoms with Gasteiger partial charge in [-0.15, -0.1) is 0 Å². The Labute approximate surface area is 128 Å². The molecular formula is C15H18ClFN2O2. The Morgan fingerprint density at radius 1 is 1.43 bits per heavy atom. The molecule has 4 nitrogen and oxygen atoms in total. The van der Waals surface area contributed by atoms with Crippen LogP contribution in [0.5, 0.6) is 0 Å². The average molecular weight is 313 g/mol. The molecule has 0 saturated carbocycles. The van der Waals surface area contributed by atoms with Crippen LogP contribution in [0.15, 0.2) is 30.5 Å². The Kier molecular flexibility index (Phi) is 4.98. The van der Waals surface area contributed by atoms with Crippen LogP contribution in [0.2, 0.25) is 5.02 Å². The number of halogens is 2. The number of nitrogens with zero attached hydrogens (tertiary/aromatic N) is 2. The van der Waals surface area contributed by atoms with E-state index in [4.69, 9.17) is 16.3 Å². The van der Waals surface area contributed by atoms with Crippen LogP contribution in [-0.4, -0.2) is 28.6 Å². The maximum absolute atomic E-state index is 13.8. The van der Waals surface area contributed by atoms with Crippen molar-refractivity contribution in [2.75, 3.05) is 13.7 Å². The van der Waals surface area contributed by atoms with E-state index in [0.717, 1.165) is 0 Å². The summed E-state index contributed by atoms with van der Waals surface area (Å²) in [5.74, 6) is -0.350. The number of aliphatic hydroxyl groups is 1. The van der Waals surface area contributed by atoms with Gasteiger partial charge in [-0.05, 0) is 18.6 Å². The summed E-state index contributed by atoms with van der Waals surface area (Å²) in [5.41, 5.74) is -0.439. The normalized spacial score (nSPS) is 14.1. The molecule has 0 radical (unpaired) electrons. The zero-order valence-electron chi connectivity index (χ0n) is 12.0. The molecule has 0 aliphatic carbocycles. The molecule has 0 aliphatic heterocycles. The predicted octanol–water partition coefficient (Wildman–Crippen LogP) is 2.77. The number of benzene rings is 1. The van der Waals surface area contributed by atoms with Gasteiger partial charge in [0.2, 0.25) is 0 Å². The van der Waals surface area contributed by atoms with Crippen molar-refractivity contribution < 1.29 is 14.2 Å². The Morgan fingerprint density at radius 3 is 2.81 bits per heavy atom. The van der Waals surface area contributed by atoms with Crippen LogP contribution in [0.1, 0.15) is 18.2 Å². The summed E-state index contributed by atoms with van der Waals surface area (Å²) in [6.45, 7) is 2.51. The molecule has 2 aromatic rings. The number of methoxy groups -OCH3 is 1. The summed E-state index contributed by atoms with van der Waals surface area (Å²) in [5, 5.41) is 15.2. The number of hydrogen-bond acceptors (Lipinski definition) is 3. The van der Waals surface area contributed by atoms with E-state index in [1.165, 1.54) is 12.3 Å². The lowest BCUT2D eigenvalue weighted by Crippen LogP contribution is -2.29. The summed E-state index contributed by atoms with van der Waals surface area (Å²) in [7, 11) is 1.59. The fourth-order valence-electron chi connectivity index (χ4n) is 2.34. The molecule has 1 N–H and O–H groups in total. The van der Waals surface area contributed by atoms with Crippen molar-refractivity contribution in [2.24, 2.45) is 0 Å². The first-order chi connectivity index (χ1) is 9.95. The molecule has 6 heteroatoms. The molecule has 1 heterocycles. The molecule has 1 unspecified atom stereocenters. The van der Waals surface area contributed by atoms with Gasteiger partial charge in [0.15, 0.2) is 0 Å². The van der Waals surface area contributed by atoms with Crippen molar-refractivity contribution >= 4 is 11.6 Å². The number of hydrogen-bond donors (Lipinski definition) is 1. The second kappa shape index (κ2) is 6.56. The fourth-order valence-corrected chi connectivity index (χ4v) is 2.69. The third-order valence-corrected chi connectivity index (χ3v) is 3.58. The molecular weight excluding hydrogens is 295 g/mol. The summed E-state index contributed by atoms with van der Waals surface area (Å²) in [6.07, 6.45) is 1.58. The minimum absolute atomic E-state index is 0.109. The molecule has 114 valence electrons. The zero-order valence-corrected chi connectivity index (χ0v) is 12.8. The summed E-state index contributed by atoms with van der Waals surface area (Å²) in [4.78, 5) is 0. The van der Waals surface area contributed by atoms with Crippen LogP contribution < -0.4 is 0 Å². The van der Waals surface area contributed by atoms with Crippen LogP contribution in [0.25, 0.3) is 0 Å². The average Bonchev–Trinajstić information content (AvgIpc) is 2.81. The largest absolute Gasteiger partial charge is 0.383 e. The highest BCUT2D eigenvalue weighted by molar-refractivity contribution is 6.31. The molecule has 0 spiro atoms. The summed E-state index contributed by atoms with van der Waals surface area (Å²) >= 11 is 6.14. The second-order valence-electron chi connectivity index (χ2n) is 5.10. The van der Waals surface area contributed by atoms with Gasteiger partial charge in [0, 0.05) is 13.5 Å². The molecule has 0 aliphatic rings. The van der Waals surface area contributed by atoms with Crippen molar-refractivity contribution in [3.63, 3.8) is 0 Å². The maximum Gasteiger partial charge on any atom is 0.126 e. The van der Waals surface area contributed by atoms with Gasteiger partial charge in [0.1, 0.15) is 11.4 Å². The van der Waals surface area contributed by atoms with E-state index in [9.17, 15) is 9.50 Å². The van der Waals surface area contributed by atoms with E-state index in [2.05, 4.69) is 5.10 Å². The summed E-state index contributed by atoms with van der Waals surface area (Å²) < 4.78 is 20.4. The van der Waals surface area contributed by atoms with Crippen molar-refractivity contribution in [3.8, 4) is 0 Å². The minimum Gasteiger partial charge on any atom is -0.383 e. The van der Waals surface area contributed by atoms with Crippen LogP contribution >= 0.6 is 11.6 Å². The van der Waals surface area contributed by atoms with Crippen molar-refractivity contribution in [3.05, 3.63) is 52.6 Å². The third-order valence-electron chi connectivity index (χ3n) is 3.30. The van der Waals surface area contributed by atoms with Crippen molar-refractivity contribution in [1.29, 1.82) is 0 Å². The predicted molar refractivity (Wildman–Crippen MR) is 78.8 cm³/mol. The molecule has 0 fully saturated rings. The van der Waals surface area contributed by atoms with E-state index in [-0.39, 0.29) is 12.2 Å². The first kappa shape index (κ1) is 15.9. The Bertz CT molecular complexity index is 613. The van der Waals surface area contributed by atoms with E-state index in [0.29, 0.717) is 29.4 Å². The topological polar surface area (TPSA) is 47.3 Å². The molecule has 21 heavy (non-hydrogen) atoms. The SMILES string of the molecule is COCCn1ncc(Cl)c1C(C)(O)Cc1ccccc1F. The number of rotatable bonds is 6. The van der Waals surface area contributed by atoms with E-state index >= 15 is 0 Å². The lowest BCUT2D eigenvalue weighted by atomic mass is 9.92. The molecule has 1 atom stereocenters. The van der Waals surface area contributed by atoms with Gasteiger partial charge in [-0.1, -0.05) is 29.8 Å². The lowest BCUT2D eigenvalue weighted by molar-refractivity contribution is 0.0453. The number of aromatic nitrogens is 2. The highest BCUT2D eigenvalue weighted by Gasteiger charge is 2.31. The molecule has 1 aromatic heterocycles. The van der Waals surface area contributed by atoms with Gasteiger partial charge in [0.05, 0.1) is 30.1 Å². The summed E-state index contributed by atoms with van der Waals surface area (Å²) in [6, 6.07) is 6.37. The van der Waals surface area contributed by atoms with Gasteiger partial charge in [-0.2, -0.15) is 5.10 Å². The Hall–Kier alpha value is -1.43. The minimum atomic E-state index is -1.33. The van der Waals surface area contributed by atoms with Gasteiger partial charge >= 0.3 is 0 Å². The smallest absolute Gasteiger partial charge is 0.126 e. The lowest BCUT2D eigenvalue weighted by Gasteiger charge is -2.25. The maximum atomic E-state index is 13.8. The van der Waals surface area contributed by atoms with Crippen LogP contribution in [0.4, 0.5) is 4.39 Å². The van der Waals surface area contributed by atoms with Crippen LogP contribution in [0.3, 0.4) is 0 Å². The first-order valence-corrected chi connectivity index (χ1v) is 7.00. The molecule has 2 rings (SSSR count). The van der Waals surface area contributed by atoms with E-state index in [1.807, 2.05) is 0 Å². The molecule has 0 saturated heterocycles. The fraction of sp³-hybridized carbons (Fsp3) is 0.400. The van der Waals surface area contributed by atoms with Crippen LogP contribution in [0, 0.1) is 5.82 Å². The van der Waals surface area contributed by atoms with Gasteiger partial charge in [-0.3, -0.25) is 4.68 Å². The number of ether oxygens (including phenoxy) is 1. The molecule has 1 aromatic carbocycles. The standard InChI is InChI=1S/C15H18ClFN2O2/c1-15(20,9-11-5-3-4-6-13(11)17)14-12(16)10-18-19(14)7-8-21-2/h3-6,10,20H,7-9H2,1-2H3. The zero-order chi connectivity index (χ0) is 15.5. The highest BCUT2D eigenvalue weighted by atomic mass is 35.5. The highest BCUT2D eigenvalue weighted by Crippen LogP contribution is 2.31. The van der Waals surface area contributed by atoms with Gasteiger partial charge < -0.3 is 9.84 Å². The Balaban J connectivity index is 2.31. The molecule has 0 bridgehead atoms. The first-order valence-electron chi connectivity index (χ1n) is 6.62. The van der Waals surface area contributed by atoms with Crippen molar-refractivity contribution in [1.82, 2.24) is 9.78 Å².